The zero-order chi connectivity index (χ0) is 10.9. The first-order valence-corrected chi connectivity index (χ1v) is 5.43. The molecule has 2 heterocycles. The maximum Gasteiger partial charge on any atom is 0.266 e. The van der Waals surface area contributed by atoms with Crippen LogP contribution in [0.4, 0.5) is 8.78 Å². The third-order valence-corrected chi connectivity index (χ3v) is 3.61. The molecule has 0 aromatic heterocycles. The van der Waals surface area contributed by atoms with Crippen LogP contribution in [0.3, 0.4) is 0 Å². The summed E-state index contributed by atoms with van der Waals surface area (Å²) < 4.78 is 29.6. The van der Waals surface area contributed by atoms with Gasteiger partial charge in [0.25, 0.3) is 6.08 Å². The number of halogens is 2. The van der Waals surface area contributed by atoms with Crippen molar-refractivity contribution in [2.75, 3.05) is 26.8 Å². The smallest absolute Gasteiger partial charge is 0.266 e. The molecule has 0 aromatic rings. The Balaban J connectivity index is 2.07. The molecule has 0 unspecified atom stereocenters. The van der Waals surface area contributed by atoms with Crippen LogP contribution < -0.4 is 0 Å². The lowest BCUT2D eigenvalue weighted by Gasteiger charge is -2.30. The molecule has 0 amide bonds. The molecule has 2 fully saturated rings. The summed E-state index contributed by atoms with van der Waals surface area (Å²) in [6, 6.07) is 0. The fourth-order valence-corrected chi connectivity index (χ4v) is 3.13. The van der Waals surface area contributed by atoms with Crippen LogP contribution in [0.2, 0.25) is 0 Å². The van der Waals surface area contributed by atoms with Gasteiger partial charge in [-0.25, -0.2) is 0 Å². The van der Waals surface area contributed by atoms with Gasteiger partial charge in [0.2, 0.25) is 0 Å². The van der Waals surface area contributed by atoms with Crippen LogP contribution in [0.25, 0.3) is 0 Å². The largest absolute Gasteiger partial charge is 0.383 e. The van der Waals surface area contributed by atoms with Crippen molar-refractivity contribution in [3.05, 3.63) is 12.2 Å². The summed E-state index contributed by atoms with van der Waals surface area (Å²) in [5.41, 5.74) is 0.0470. The number of ether oxygens (including phenoxy) is 1. The number of nitrogens with zero attached hydrogens (tertiary/aromatic N) is 1. The van der Waals surface area contributed by atoms with Gasteiger partial charge in [-0.3, -0.25) is 4.90 Å². The van der Waals surface area contributed by atoms with E-state index >= 15 is 0 Å². The zero-order valence-electron chi connectivity index (χ0n) is 9.01. The second kappa shape index (κ2) is 4.18. The molecule has 0 aromatic carbocycles. The molecule has 2 rings (SSSR count). The number of hydrogen-bond acceptors (Lipinski definition) is 2. The van der Waals surface area contributed by atoms with Crippen molar-refractivity contribution >= 4 is 0 Å². The molecule has 0 bridgehead atoms. The predicted molar refractivity (Wildman–Crippen MR) is 53.8 cm³/mol. The number of fused-ring (bicyclic) bond motifs is 1. The van der Waals surface area contributed by atoms with Gasteiger partial charge in [0.1, 0.15) is 0 Å². The standard InChI is InChI=1S/C11H17F2NO/c1-15-8-11-3-2-4-14(11)7-9(6-11)5-10(12)13/h5,9H,2-4,6-8H2,1H3/t9-,11+/m1/s1. The summed E-state index contributed by atoms with van der Waals surface area (Å²) in [7, 11) is 1.68. The summed E-state index contributed by atoms with van der Waals surface area (Å²) in [6.07, 6.45) is 2.62. The van der Waals surface area contributed by atoms with Gasteiger partial charge in [-0.2, -0.15) is 8.78 Å². The quantitative estimate of drug-likeness (QED) is 0.719. The van der Waals surface area contributed by atoms with Gasteiger partial charge in [0, 0.05) is 19.2 Å². The molecule has 2 aliphatic heterocycles. The van der Waals surface area contributed by atoms with E-state index in [4.69, 9.17) is 4.74 Å². The minimum absolute atomic E-state index is 0.00505. The molecule has 2 atom stereocenters. The van der Waals surface area contributed by atoms with Crippen LogP contribution in [-0.4, -0.2) is 37.2 Å². The second-order valence-electron chi connectivity index (χ2n) is 4.63. The topological polar surface area (TPSA) is 12.5 Å². The van der Waals surface area contributed by atoms with E-state index in [0.717, 1.165) is 38.4 Å². The molecule has 86 valence electrons. The van der Waals surface area contributed by atoms with Crippen LogP contribution in [0.1, 0.15) is 19.3 Å². The number of rotatable bonds is 3. The van der Waals surface area contributed by atoms with Gasteiger partial charge in [0.15, 0.2) is 0 Å². The zero-order valence-corrected chi connectivity index (χ0v) is 9.01. The fraction of sp³-hybridized carbons (Fsp3) is 0.818. The lowest BCUT2D eigenvalue weighted by atomic mass is 9.91. The van der Waals surface area contributed by atoms with E-state index in [0.29, 0.717) is 6.61 Å². The average molecular weight is 217 g/mol. The van der Waals surface area contributed by atoms with E-state index < -0.39 is 6.08 Å². The lowest BCUT2D eigenvalue weighted by molar-refractivity contribution is 0.0654. The van der Waals surface area contributed by atoms with Crippen molar-refractivity contribution in [1.82, 2.24) is 4.90 Å². The minimum atomic E-state index is -1.55. The van der Waals surface area contributed by atoms with Crippen molar-refractivity contribution in [2.45, 2.75) is 24.8 Å². The monoisotopic (exact) mass is 217 g/mol. The van der Waals surface area contributed by atoms with Crippen LogP contribution in [0, 0.1) is 5.92 Å². The summed E-state index contributed by atoms with van der Waals surface area (Å²) in [5, 5.41) is 0. The second-order valence-corrected chi connectivity index (χ2v) is 4.63. The average Bonchev–Trinajstić information content (AvgIpc) is 2.59. The van der Waals surface area contributed by atoms with Crippen LogP contribution in [0.15, 0.2) is 12.2 Å². The Morgan fingerprint density at radius 1 is 1.60 bits per heavy atom. The molecular formula is C11H17F2NO. The Bertz CT molecular complexity index is 265. The van der Waals surface area contributed by atoms with Gasteiger partial charge < -0.3 is 4.74 Å². The van der Waals surface area contributed by atoms with Crippen molar-refractivity contribution < 1.29 is 13.5 Å². The van der Waals surface area contributed by atoms with E-state index in [2.05, 4.69) is 4.90 Å². The lowest BCUT2D eigenvalue weighted by Crippen LogP contribution is -2.42. The van der Waals surface area contributed by atoms with Crippen LogP contribution in [-0.2, 0) is 4.74 Å². The molecule has 0 spiro atoms. The number of methoxy groups -OCH3 is 1. The van der Waals surface area contributed by atoms with Crippen LogP contribution >= 0.6 is 0 Å². The summed E-state index contributed by atoms with van der Waals surface area (Å²) in [4.78, 5) is 2.32. The molecule has 2 saturated heterocycles. The third-order valence-electron chi connectivity index (χ3n) is 3.61. The van der Waals surface area contributed by atoms with Crippen molar-refractivity contribution in [3.8, 4) is 0 Å². The molecule has 2 nitrogen and oxygen atoms in total. The first-order valence-electron chi connectivity index (χ1n) is 5.43. The predicted octanol–water partition coefficient (Wildman–Crippen LogP) is 2.27. The van der Waals surface area contributed by atoms with E-state index in [1.165, 1.54) is 0 Å². The van der Waals surface area contributed by atoms with Gasteiger partial charge >= 0.3 is 0 Å². The van der Waals surface area contributed by atoms with Gasteiger partial charge in [0.05, 0.1) is 6.61 Å². The summed E-state index contributed by atoms with van der Waals surface area (Å²) >= 11 is 0. The Labute approximate surface area is 88.9 Å². The molecule has 0 N–H and O–H groups in total. The fourth-order valence-electron chi connectivity index (χ4n) is 3.13. The molecule has 15 heavy (non-hydrogen) atoms. The van der Waals surface area contributed by atoms with Gasteiger partial charge in [-0.05, 0) is 37.8 Å². The Morgan fingerprint density at radius 2 is 2.40 bits per heavy atom. The van der Waals surface area contributed by atoms with Gasteiger partial charge in [-0.15, -0.1) is 0 Å². The van der Waals surface area contributed by atoms with Crippen molar-refractivity contribution in [1.29, 1.82) is 0 Å². The molecular weight excluding hydrogens is 200 g/mol. The summed E-state index contributed by atoms with van der Waals surface area (Å²) in [5.74, 6) is 0.00505. The molecule has 0 aliphatic carbocycles. The summed E-state index contributed by atoms with van der Waals surface area (Å²) in [6.45, 7) is 2.47. The molecule has 0 saturated carbocycles. The SMILES string of the molecule is COC[C@@]12CCCN1C[C@H](C=C(F)F)C2. The highest BCUT2D eigenvalue weighted by molar-refractivity contribution is 5.08. The molecule has 2 aliphatic rings. The Kier molecular flexibility index (Phi) is 3.07. The van der Waals surface area contributed by atoms with Gasteiger partial charge in [-0.1, -0.05) is 0 Å². The van der Waals surface area contributed by atoms with Crippen LogP contribution in [0.5, 0.6) is 0 Å². The highest BCUT2D eigenvalue weighted by atomic mass is 19.3. The molecule has 4 heteroatoms. The van der Waals surface area contributed by atoms with E-state index in [9.17, 15) is 8.78 Å². The highest BCUT2D eigenvalue weighted by Gasteiger charge is 2.47. The number of hydrogen-bond donors (Lipinski definition) is 0. The minimum Gasteiger partial charge on any atom is -0.383 e. The van der Waals surface area contributed by atoms with E-state index in [1.54, 1.807) is 7.11 Å². The normalized spacial score (nSPS) is 35.5. The van der Waals surface area contributed by atoms with E-state index in [-0.39, 0.29) is 11.5 Å². The molecule has 0 radical (unpaired) electrons. The van der Waals surface area contributed by atoms with Crippen molar-refractivity contribution in [3.63, 3.8) is 0 Å². The maximum absolute atomic E-state index is 12.2. The first kappa shape index (κ1) is 11.0. The maximum atomic E-state index is 12.2. The van der Waals surface area contributed by atoms with Crippen molar-refractivity contribution in [2.24, 2.45) is 5.92 Å². The Hall–Kier alpha value is -0.480. The highest BCUT2D eigenvalue weighted by Crippen LogP contribution is 2.42. The Morgan fingerprint density at radius 3 is 3.07 bits per heavy atom. The first-order chi connectivity index (χ1) is 7.16. The van der Waals surface area contributed by atoms with E-state index in [1.807, 2.05) is 0 Å². The third kappa shape index (κ3) is 2.06.